The van der Waals surface area contributed by atoms with E-state index in [4.69, 9.17) is 10.2 Å². The third-order valence-electron chi connectivity index (χ3n) is 6.80. The van der Waals surface area contributed by atoms with Crippen molar-refractivity contribution < 1.29 is 46.8 Å². The smallest absolute Gasteiger partial charge is 0.337 e. The summed E-state index contributed by atoms with van der Waals surface area (Å²) in [6.07, 6.45) is 0. The van der Waals surface area contributed by atoms with Gasteiger partial charge in [0.2, 0.25) is 11.8 Å². The fraction of sp³-hybridized carbons (Fsp3) is 0.0588. The number of hydrogen-bond acceptors (Lipinski definition) is 10. The molecule has 49 heavy (non-hydrogen) atoms. The van der Waals surface area contributed by atoms with Gasteiger partial charge in [-0.05, 0) is 62.4 Å². The van der Waals surface area contributed by atoms with E-state index in [1.165, 1.54) is 21.5 Å². The summed E-state index contributed by atoms with van der Waals surface area (Å²) in [5.74, 6) is -2.50. The van der Waals surface area contributed by atoms with Crippen LogP contribution in [0.15, 0.2) is 130 Å². The molecule has 0 aliphatic carbocycles. The molecule has 4 N–H and O–H groups in total. The molecule has 0 atom stereocenters. The Bertz CT molecular complexity index is 1990. The van der Waals surface area contributed by atoms with E-state index < -0.39 is 11.9 Å². The first-order valence-corrected chi connectivity index (χ1v) is 14.3. The monoisotopic (exact) mass is 703 g/mol. The van der Waals surface area contributed by atoms with E-state index in [0.29, 0.717) is 22.8 Å². The number of nitrogens with zero attached hydrogens (tertiary/aromatic N) is 8. The molecule has 0 amide bonds. The Morgan fingerprint density at radius 3 is 1.20 bits per heavy atom. The van der Waals surface area contributed by atoms with Crippen LogP contribution < -0.4 is 0 Å². The van der Waals surface area contributed by atoms with Gasteiger partial charge >= 0.3 is 11.9 Å². The molecule has 6 aromatic rings. The molecule has 15 heteroatoms. The molecule has 0 spiro atoms. The van der Waals surface area contributed by atoms with Gasteiger partial charge in [-0.15, -0.1) is 20.5 Å². The van der Waals surface area contributed by atoms with Gasteiger partial charge in [-0.25, -0.2) is 9.59 Å². The van der Waals surface area contributed by atoms with Crippen molar-refractivity contribution >= 4 is 34.7 Å². The van der Waals surface area contributed by atoms with E-state index in [1.807, 2.05) is 36.4 Å². The topological polar surface area (TPSA) is 200 Å². The van der Waals surface area contributed by atoms with E-state index in [0.717, 1.165) is 0 Å². The minimum Gasteiger partial charge on any atom is -0.492 e. The second-order valence-electron chi connectivity index (χ2n) is 10.1. The molecule has 249 valence electrons. The van der Waals surface area contributed by atoms with E-state index >= 15 is 0 Å². The van der Waals surface area contributed by atoms with Crippen molar-refractivity contribution in [1.29, 1.82) is 0 Å². The quantitative estimate of drug-likeness (QED) is 0.114. The number of carboxylic acid groups (broad SMARTS) is 2. The van der Waals surface area contributed by atoms with Crippen LogP contribution in [0, 0.1) is 13.8 Å². The van der Waals surface area contributed by atoms with Crippen LogP contribution in [-0.2, 0) is 16.8 Å². The van der Waals surface area contributed by atoms with Crippen molar-refractivity contribution in [2.45, 2.75) is 13.8 Å². The summed E-state index contributed by atoms with van der Waals surface area (Å²) < 4.78 is 2.71. The maximum absolute atomic E-state index is 11.2. The van der Waals surface area contributed by atoms with Gasteiger partial charge in [0.15, 0.2) is 11.4 Å². The van der Waals surface area contributed by atoms with Crippen molar-refractivity contribution in [2.24, 2.45) is 20.5 Å². The molecule has 0 aliphatic rings. The Hall–Kier alpha value is -6.45. The molecular weight excluding hydrogens is 675 g/mol. The van der Waals surface area contributed by atoms with Gasteiger partial charge in [0.05, 0.1) is 33.9 Å². The molecule has 2 aromatic heterocycles. The number of carbonyl (C=O) groups is 2. The van der Waals surface area contributed by atoms with Crippen molar-refractivity contribution in [3.8, 4) is 23.1 Å². The van der Waals surface area contributed by atoms with Crippen LogP contribution >= 0.6 is 0 Å². The third kappa shape index (κ3) is 8.10. The second-order valence-corrected chi connectivity index (χ2v) is 10.1. The summed E-state index contributed by atoms with van der Waals surface area (Å²) in [4.78, 5) is 22.4. The number of aromatic carboxylic acids is 2. The molecule has 6 rings (SSSR count). The van der Waals surface area contributed by atoms with E-state index in [-0.39, 0.29) is 62.4 Å². The first-order valence-electron chi connectivity index (χ1n) is 14.3. The van der Waals surface area contributed by atoms with Gasteiger partial charge in [0.25, 0.3) is 0 Å². The first kappa shape index (κ1) is 35.4. The van der Waals surface area contributed by atoms with E-state index in [1.54, 1.807) is 74.5 Å². The van der Waals surface area contributed by atoms with Crippen LogP contribution in [0.1, 0.15) is 32.1 Å². The molecule has 0 bridgehead atoms. The molecular formula is C34H28CoN8O6. The fourth-order valence-corrected chi connectivity index (χ4v) is 4.44. The standard InChI is InChI=1S/2C17H14N4O3.Co/c2*1-11-15(16(22)21(20-11)12-7-3-2-4-8-12)19-18-14-10-6-5-9-13(14)17(23)24;/h2*2-10,22H,1H3,(H,23,24);. The Kier molecular flexibility index (Phi) is 11.5. The zero-order valence-corrected chi connectivity index (χ0v) is 26.9. The maximum Gasteiger partial charge on any atom is 0.337 e. The summed E-state index contributed by atoms with van der Waals surface area (Å²) in [7, 11) is 0. The Balaban J connectivity index is 0.000000216. The maximum atomic E-state index is 11.2. The number of aryl methyl sites for hydroxylation is 2. The second kappa shape index (κ2) is 15.9. The molecule has 4 aromatic carbocycles. The zero-order chi connectivity index (χ0) is 34.2. The fourth-order valence-electron chi connectivity index (χ4n) is 4.44. The van der Waals surface area contributed by atoms with Gasteiger partial charge < -0.3 is 20.4 Å². The molecule has 14 nitrogen and oxygen atoms in total. The number of para-hydroxylation sites is 2. The number of benzene rings is 4. The summed E-state index contributed by atoms with van der Waals surface area (Å²) >= 11 is 0. The molecule has 0 aliphatic heterocycles. The summed E-state index contributed by atoms with van der Waals surface area (Å²) in [5.41, 5.74) is 3.20. The van der Waals surface area contributed by atoms with Crippen LogP contribution in [0.3, 0.4) is 0 Å². The van der Waals surface area contributed by atoms with Gasteiger partial charge in [0.1, 0.15) is 11.4 Å². The Labute approximate surface area is 289 Å². The Morgan fingerprint density at radius 2 is 0.857 bits per heavy atom. The minimum atomic E-state index is -1.09. The van der Waals surface area contributed by atoms with Gasteiger partial charge in [-0.2, -0.15) is 19.6 Å². The largest absolute Gasteiger partial charge is 0.492 e. The number of aromatic hydroxyl groups is 2. The van der Waals surface area contributed by atoms with Crippen molar-refractivity contribution in [3.05, 3.63) is 132 Å². The number of carboxylic acids is 2. The van der Waals surface area contributed by atoms with Crippen LogP contribution in [0.25, 0.3) is 11.4 Å². The summed E-state index contributed by atoms with van der Waals surface area (Å²) in [6, 6.07) is 30.8. The van der Waals surface area contributed by atoms with Crippen molar-refractivity contribution in [1.82, 2.24) is 19.6 Å². The molecule has 0 saturated heterocycles. The molecule has 0 saturated carbocycles. The third-order valence-corrected chi connectivity index (χ3v) is 6.80. The normalized spacial score (nSPS) is 10.8. The molecule has 2 heterocycles. The number of hydrogen-bond donors (Lipinski definition) is 4. The van der Waals surface area contributed by atoms with Gasteiger partial charge in [0, 0.05) is 16.8 Å². The average molecular weight is 704 g/mol. The van der Waals surface area contributed by atoms with Gasteiger partial charge in [-0.1, -0.05) is 60.7 Å². The molecule has 0 unspecified atom stereocenters. The Morgan fingerprint density at radius 1 is 0.531 bits per heavy atom. The average Bonchev–Trinajstić information content (AvgIpc) is 3.55. The summed E-state index contributed by atoms with van der Waals surface area (Å²) in [6.45, 7) is 3.38. The van der Waals surface area contributed by atoms with E-state index in [2.05, 4.69) is 30.7 Å². The predicted octanol–water partition coefficient (Wildman–Crippen LogP) is 8.00. The number of aromatic nitrogens is 4. The summed E-state index contributed by atoms with van der Waals surface area (Å²) in [5, 5.41) is 63.4. The van der Waals surface area contributed by atoms with Crippen LogP contribution in [0.2, 0.25) is 0 Å². The molecule has 1 radical (unpaired) electrons. The first-order chi connectivity index (χ1) is 23.2. The van der Waals surface area contributed by atoms with Gasteiger partial charge in [-0.3, -0.25) is 0 Å². The number of rotatable bonds is 8. The van der Waals surface area contributed by atoms with Crippen LogP contribution in [0.4, 0.5) is 22.7 Å². The SMILES string of the molecule is Cc1nn(-c2ccccc2)c(O)c1N=Nc1ccccc1C(=O)O.Cc1nn(-c2ccccc2)c(O)c1N=Nc1ccccc1C(=O)O.[Co]. The minimum absolute atomic E-state index is 0. The van der Waals surface area contributed by atoms with Crippen LogP contribution in [-0.4, -0.2) is 51.9 Å². The van der Waals surface area contributed by atoms with Crippen molar-refractivity contribution in [3.63, 3.8) is 0 Å². The molecule has 0 fully saturated rings. The van der Waals surface area contributed by atoms with Crippen molar-refractivity contribution in [2.75, 3.05) is 0 Å². The van der Waals surface area contributed by atoms with Crippen LogP contribution in [0.5, 0.6) is 11.8 Å². The van der Waals surface area contributed by atoms with E-state index in [9.17, 15) is 19.8 Å². The zero-order valence-electron chi connectivity index (χ0n) is 25.9. The number of azo groups is 2. The predicted molar refractivity (Wildman–Crippen MR) is 175 cm³/mol.